The number of hydrogen-bond donors (Lipinski definition) is 1. The van der Waals surface area contributed by atoms with E-state index in [4.69, 9.17) is 39.5 Å². The summed E-state index contributed by atoms with van der Waals surface area (Å²) in [5, 5.41) is 12.2. The number of methoxy groups -OCH3 is 1. The number of carbonyl (C=O) groups is 1. The first kappa shape index (κ1) is 23.0. The summed E-state index contributed by atoms with van der Waals surface area (Å²) in [6, 6.07) is 12.5. The maximum Gasteiger partial charge on any atom is 0.173 e. The van der Waals surface area contributed by atoms with Crippen LogP contribution >= 0.6 is 46.6 Å². The number of Topliss-reactive ketones (excluding diaryl/α,β-unsaturated/α-hetero) is 1. The maximum absolute atomic E-state index is 13.0. The van der Waals surface area contributed by atoms with E-state index in [9.17, 15) is 9.90 Å². The van der Waals surface area contributed by atoms with Gasteiger partial charge >= 0.3 is 0 Å². The van der Waals surface area contributed by atoms with Gasteiger partial charge in [0.05, 0.1) is 22.1 Å². The van der Waals surface area contributed by atoms with E-state index in [2.05, 4.69) is 4.98 Å². The van der Waals surface area contributed by atoms with Crippen LogP contribution in [0.5, 0.6) is 5.75 Å². The molecule has 1 aromatic heterocycles. The molecule has 4 rings (SSSR count). The highest BCUT2D eigenvalue weighted by Gasteiger charge is 2.32. The van der Waals surface area contributed by atoms with Crippen molar-refractivity contribution in [3.63, 3.8) is 0 Å². The zero-order valence-corrected chi connectivity index (χ0v) is 20.0. The average Bonchev–Trinajstić information content (AvgIpc) is 2.78. The number of carbonyl (C=O) groups excluding carboxylic acids is 1. The number of thioether (sulfide) groups is 1. The predicted molar refractivity (Wildman–Crippen MR) is 130 cm³/mol. The minimum absolute atomic E-state index is 0.00316. The van der Waals surface area contributed by atoms with E-state index >= 15 is 0 Å². The molecule has 1 unspecified atom stereocenters. The maximum atomic E-state index is 13.0. The number of pyridine rings is 1. The van der Waals surface area contributed by atoms with Gasteiger partial charge in [0, 0.05) is 46.6 Å². The number of halogens is 3. The van der Waals surface area contributed by atoms with Crippen molar-refractivity contribution in [3.05, 3.63) is 86.2 Å². The number of aromatic nitrogens is 1. The predicted octanol–water partition coefficient (Wildman–Crippen LogP) is 7.73. The first-order valence-electron chi connectivity index (χ1n) is 9.74. The van der Waals surface area contributed by atoms with Crippen LogP contribution in [-0.2, 0) is 4.79 Å². The number of ether oxygens (including phenoxy) is 1. The number of aliphatic hydroxyl groups excluding tert-OH is 1. The molecular weight excluding hydrogens is 489 g/mol. The third-order valence-corrected chi connectivity index (χ3v) is 7.67. The fraction of sp³-hybridized carbons (Fsp3) is 0.167. The molecule has 0 aliphatic heterocycles. The van der Waals surface area contributed by atoms with Gasteiger partial charge in [-0.15, -0.1) is 0 Å². The van der Waals surface area contributed by atoms with Crippen LogP contribution in [0.25, 0.3) is 11.1 Å². The number of nitrogens with zero attached hydrogens (tertiary/aromatic N) is 1. The molecule has 164 valence electrons. The first-order chi connectivity index (χ1) is 15.4. The van der Waals surface area contributed by atoms with E-state index in [0.29, 0.717) is 31.3 Å². The summed E-state index contributed by atoms with van der Waals surface area (Å²) in [6.07, 6.45) is 3.79. The van der Waals surface area contributed by atoms with Crippen molar-refractivity contribution in [2.75, 3.05) is 7.11 Å². The molecule has 0 saturated carbocycles. The number of ketones is 1. The summed E-state index contributed by atoms with van der Waals surface area (Å²) < 4.78 is 5.23. The average molecular weight is 507 g/mol. The molecule has 0 amide bonds. The molecule has 1 N–H and O–H groups in total. The van der Waals surface area contributed by atoms with Crippen molar-refractivity contribution in [3.8, 4) is 16.9 Å². The second-order valence-electron chi connectivity index (χ2n) is 7.26. The van der Waals surface area contributed by atoms with Crippen molar-refractivity contribution in [2.24, 2.45) is 0 Å². The first-order valence-corrected chi connectivity index (χ1v) is 11.7. The van der Waals surface area contributed by atoms with Gasteiger partial charge in [-0.2, -0.15) is 0 Å². The number of aliphatic hydroxyl groups is 1. The minimum atomic E-state index is -0.339. The Balaban J connectivity index is 1.67. The molecule has 32 heavy (non-hydrogen) atoms. The second kappa shape index (κ2) is 9.75. The third kappa shape index (κ3) is 4.62. The molecule has 2 aromatic carbocycles. The van der Waals surface area contributed by atoms with Crippen LogP contribution in [0.2, 0.25) is 15.1 Å². The van der Waals surface area contributed by atoms with E-state index in [0.717, 1.165) is 22.9 Å². The number of benzene rings is 2. The van der Waals surface area contributed by atoms with E-state index in [1.807, 2.05) is 18.2 Å². The van der Waals surface area contributed by atoms with Gasteiger partial charge in [0.2, 0.25) is 0 Å². The molecule has 3 aromatic rings. The fourth-order valence-electron chi connectivity index (χ4n) is 3.69. The Labute approximate surface area is 205 Å². The molecule has 0 fully saturated rings. The van der Waals surface area contributed by atoms with E-state index in [1.54, 1.807) is 43.8 Å². The van der Waals surface area contributed by atoms with Gasteiger partial charge in [-0.1, -0.05) is 52.6 Å². The molecule has 0 bridgehead atoms. The smallest absolute Gasteiger partial charge is 0.173 e. The van der Waals surface area contributed by atoms with Gasteiger partial charge in [0.15, 0.2) is 5.78 Å². The topological polar surface area (TPSA) is 59.4 Å². The largest absolute Gasteiger partial charge is 0.511 e. The van der Waals surface area contributed by atoms with Crippen LogP contribution in [0.15, 0.2) is 70.4 Å². The molecular formula is C24H18Cl3NO3S. The number of hydrogen-bond acceptors (Lipinski definition) is 5. The Bertz CT molecular complexity index is 1210. The third-order valence-electron chi connectivity index (χ3n) is 5.26. The molecule has 1 aliphatic carbocycles. The van der Waals surface area contributed by atoms with Crippen LogP contribution in [-0.4, -0.2) is 23.0 Å². The molecule has 0 spiro atoms. The summed E-state index contributed by atoms with van der Waals surface area (Å²) >= 11 is 20.7. The van der Waals surface area contributed by atoms with Crippen LogP contribution in [0, 0.1) is 0 Å². The van der Waals surface area contributed by atoms with E-state index < -0.39 is 0 Å². The second-order valence-corrected chi connectivity index (χ2v) is 9.51. The molecule has 4 nitrogen and oxygen atoms in total. The van der Waals surface area contributed by atoms with Crippen LogP contribution in [0.4, 0.5) is 0 Å². The van der Waals surface area contributed by atoms with Crippen LogP contribution < -0.4 is 4.74 Å². The van der Waals surface area contributed by atoms with Crippen molar-refractivity contribution in [1.82, 2.24) is 4.98 Å². The van der Waals surface area contributed by atoms with Crippen LogP contribution in [0.3, 0.4) is 0 Å². The van der Waals surface area contributed by atoms with E-state index in [-0.39, 0.29) is 35.2 Å². The van der Waals surface area contributed by atoms with Crippen LogP contribution in [0.1, 0.15) is 24.3 Å². The normalized spacial score (nSPS) is 16.4. The lowest BCUT2D eigenvalue weighted by Crippen LogP contribution is -2.18. The summed E-state index contributed by atoms with van der Waals surface area (Å²) in [5.74, 6) is 0.0831. The van der Waals surface area contributed by atoms with Gasteiger partial charge in [0.25, 0.3) is 0 Å². The summed E-state index contributed by atoms with van der Waals surface area (Å²) in [6.45, 7) is 0. The molecule has 0 saturated heterocycles. The molecule has 1 aliphatic rings. The minimum Gasteiger partial charge on any atom is -0.511 e. The lowest BCUT2D eigenvalue weighted by molar-refractivity contribution is -0.115. The van der Waals surface area contributed by atoms with Gasteiger partial charge in [0.1, 0.15) is 11.5 Å². The Morgan fingerprint density at radius 1 is 1.03 bits per heavy atom. The molecule has 0 radical (unpaired) electrons. The van der Waals surface area contributed by atoms with Gasteiger partial charge in [-0.25, -0.2) is 0 Å². The molecule has 8 heteroatoms. The highest BCUT2D eigenvalue weighted by Crippen LogP contribution is 2.47. The van der Waals surface area contributed by atoms with Gasteiger partial charge in [-0.05, 0) is 47.5 Å². The van der Waals surface area contributed by atoms with Gasteiger partial charge < -0.3 is 9.84 Å². The monoisotopic (exact) mass is 505 g/mol. The molecule has 1 heterocycles. The van der Waals surface area contributed by atoms with E-state index in [1.165, 1.54) is 0 Å². The lowest BCUT2D eigenvalue weighted by atomic mass is 9.84. The van der Waals surface area contributed by atoms with Crippen molar-refractivity contribution < 1.29 is 14.6 Å². The summed E-state index contributed by atoms with van der Waals surface area (Å²) in [7, 11) is 1.55. The Kier molecular flexibility index (Phi) is 7.01. The zero-order valence-electron chi connectivity index (χ0n) is 16.9. The Morgan fingerprint density at radius 3 is 2.44 bits per heavy atom. The van der Waals surface area contributed by atoms with Crippen molar-refractivity contribution >= 4 is 52.3 Å². The van der Waals surface area contributed by atoms with Crippen molar-refractivity contribution in [1.29, 1.82) is 0 Å². The summed E-state index contributed by atoms with van der Waals surface area (Å²) in [4.78, 5) is 18.0. The highest BCUT2D eigenvalue weighted by molar-refractivity contribution is 8.04. The summed E-state index contributed by atoms with van der Waals surface area (Å²) in [5.41, 5.74) is 2.35. The lowest BCUT2D eigenvalue weighted by Gasteiger charge is -2.26. The number of allylic oxidation sites excluding steroid dienone is 2. The van der Waals surface area contributed by atoms with Gasteiger partial charge in [-0.3, -0.25) is 9.78 Å². The Morgan fingerprint density at radius 2 is 1.75 bits per heavy atom. The number of rotatable bonds is 5. The fourth-order valence-corrected chi connectivity index (χ4v) is 5.67. The molecule has 1 atom stereocenters. The zero-order chi connectivity index (χ0) is 22.8. The standard InChI is InChI=1S/C24H18Cl3NO3S/c1-31-15-2-4-17(25)21(12-15)32-24-19(29)10-14(11-20(24)30)22-18(26)5-3-16(23(22)27)13-6-8-28-9-7-13/h2-9,12,14,29H,10-11H2,1H3. The Hall–Kier alpha value is -2.18. The highest BCUT2D eigenvalue weighted by atomic mass is 35.5. The SMILES string of the molecule is COc1ccc(Cl)c(SC2=C(O)CC(c3c(Cl)ccc(-c4ccncc4)c3Cl)CC2=O)c1. The van der Waals surface area contributed by atoms with Crippen molar-refractivity contribution in [2.45, 2.75) is 23.7 Å². The quantitative estimate of drug-likeness (QED) is 0.384.